The maximum Gasteiger partial charge on any atom is 0.303 e. The molecule has 0 heterocycles. The molecule has 0 bridgehead atoms. The van der Waals surface area contributed by atoms with Gasteiger partial charge in [0.25, 0.3) is 0 Å². The summed E-state index contributed by atoms with van der Waals surface area (Å²) in [6.45, 7) is 9.28. The number of carbonyl (C=O) groups excluding carboxylic acids is 1. The molecule has 0 amide bonds. The first kappa shape index (κ1) is 15.0. The standard InChI is InChI=1S/C17H20O2/c1-5-17(3,4)13-16(19-14(2)18)12-11-15-9-7-6-8-10-15/h5-10,16H,1,13H2,2-4H3. The summed E-state index contributed by atoms with van der Waals surface area (Å²) in [5.74, 6) is 5.74. The molecule has 0 aromatic heterocycles. The van der Waals surface area contributed by atoms with Crippen LogP contribution in [0.1, 0.15) is 32.8 Å². The maximum absolute atomic E-state index is 11.1. The van der Waals surface area contributed by atoms with E-state index in [9.17, 15) is 4.79 Å². The number of rotatable bonds is 4. The summed E-state index contributed by atoms with van der Waals surface area (Å²) in [4.78, 5) is 11.1. The second-order valence-corrected chi connectivity index (χ2v) is 5.13. The summed E-state index contributed by atoms with van der Waals surface area (Å²) in [5, 5.41) is 0. The number of hydrogen-bond donors (Lipinski definition) is 0. The molecule has 0 aliphatic carbocycles. The Morgan fingerprint density at radius 1 is 1.42 bits per heavy atom. The topological polar surface area (TPSA) is 26.3 Å². The van der Waals surface area contributed by atoms with Gasteiger partial charge >= 0.3 is 5.97 Å². The quantitative estimate of drug-likeness (QED) is 0.467. The minimum Gasteiger partial charge on any atom is -0.449 e. The first-order chi connectivity index (χ1) is 8.93. The SMILES string of the molecule is C=CC(C)(C)CC(C#Cc1ccccc1)OC(C)=O. The van der Waals surface area contributed by atoms with E-state index in [1.54, 1.807) is 0 Å². The number of esters is 1. The van der Waals surface area contributed by atoms with Gasteiger partial charge in [0.1, 0.15) is 0 Å². The average Bonchev–Trinajstić information content (AvgIpc) is 2.36. The molecular weight excluding hydrogens is 236 g/mol. The molecular formula is C17H20O2. The van der Waals surface area contributed by atoms with Gasteiger partial charge in [0.15, 0.2) is 6.10 Å². The van der Waals surface area contributed by atoms with Crippen molar-refractivity contribution < 1.29 is 9.53 Å². The van der Waals surface area contributed by atoms with Crippen molar-refractivity contribution >= 4 is 5.97 Å². The lowest BCUT2D eigenvalue weighted by molar-refractivity contribution is -0.144. The molecule has 0 aliphatic heterocycles. The lowest BCUT2D eigenvalue weighted by Crippen LogP contribution is -2.22. The molecule has 2 heteroatoms. The van der Waals surface area contributed by atoms with E-state index in [1.165, 1.54) is 6.92 Å². The van der Waals surface area contributed by atoms with Crippen molar-refractivity contribution in [2.75, 3.05) is 0 Å². The van der Waals surface area contributed by atoms with Gasteiger partial charge in [-0.25, -0.2) is 0 Å². The number of hydrogen-bond acceptors (Lipinski definition) is 2. The Bertz CT molecular complexity index is 489. The van der Waals surface area contributed by atoms with E-state index in [0.29, 0.717) is 6.42 Å². The van der Waals surface area contributed by atoms with Crippen molar-refractivity contribution in [3.05, 3.63) is 48.6 Å². The molecule has 0 aliphatic rings. The lowest BCUT2D eigenvalue weighted by Gasteiger charge is -2.23. The highest BCUT2D eigenvalue weighted by molar-refractivity contribution is 5.66. The smallest absolute Gasteiger partial charge is 0.303 e. The third kappa shape index (κ3) is 5.92. The highest BCUT2D eigenvalue weighted by atomic mass is 16.5. The fourth-order valence-electron chi connectivity index (χ4n) is 1.57. The molecule has 0 radical (unpaired) electrons. The molecule has 0 N–H and O–H groups in total. The zero-order chi connectivity index (χ0) is 14.3. The number of allylic oxidation sites excluding steroid dienone is 1. The van der Waals surface area contributed by atoms with Crippen LogP contribution in [-0.2, 0) is 9.53 Å². The highest BCUT2D eigenvalue weighted by Crippen LogP contribution is 2.24. The zero-order valence-electron chi connectivity index (χ0n) is 11.8. The third-order valence-electron chi connectivity index (χ3n) is 2.72. The van der Waals surface area contributed by atoms with Gasteiger partial charge in [0.05, 0.1) is 0 Å². The summed E-state index contributed by atoms with van der Waals surface area (Å²) >= 11 is 0. The van der Waals surface area contributed by atoms with E-state index in [2.05, 4.69) is 18.4 Å². The monoisotopic (exact) mass is 256 g/mol. The predicted octanol–water partition coefficient (Wildman–Crippen LogP) is 3.57. The van der Waals surface area contributed by atoms with Crippen LogP contribution in [0.15, 0.2) is 43.0 Å². The summed E-state index contributed by atoms with van der Waals surface area (Å²) < 4.78 is 5.25. The van der Waals surface area contributed by atoms with E-state index in [0.717, 1.165) is 5.56 Å². The van der Waals surface area contributed by atoms with Crippen LogP contribution < -0.4 is 0 Å². The second kappa shape index (κ2) is 6.80. The van der Waals surface area contributed by atoms with Gasteiger partial charge in [0.2, 0.25) is 0 Å². The summed E-state index contributed by atoms with van der Waals surface area (Å²) in [6.07, 6.45) is 2.08. The molecule has 1 atom stereocenters. The molecule has 0 spiro atoms. The van der Waals surface area contributed by atoms with E-state index in [-0.39, 0.29) is 11.4 Å². The van der Waals surface area contributed by atoms with Crippen molar-refractivity contribution in [1.82, 2.24) is 0 Å². The van der Waals surface area contributed by atoms with E-state index in [4.69, 9.17) is 4.74 Å². The average molecular weight is 256 g/mol. The van der Waals surface area contributed by atoms with Crippen LogP contribution >= 0.6 is 0 Å². The lowest BCUT2D eigenvalue weighted by atomic mass is 9.87. The van der Waals surface area contributed by atoms with Gasteiger partial charge in [-0.2, -0.15) is 0 Å². The predicted molar refractivity (Wildman–Crippen MR) is 77.5 cm³/mol. The van der Waals surface area contributed by atoms with Crippen LogP contribution in [0.5, 0.6) is 0 Å². The van der Waals surface area contributed by atoms with Crippen molar-refractivity contribution in [3.63, 3.8) is 0 Å². The summed E-state index contributed by atoms with van der Waals surface area (Å²) in [7, 11) is 0. The van der Waals surface area contributed by atoms with Crippen LogP contribution in [0, 0.1) is 17.3 Å². The van der Waals surface area contributed by atoms with Gasteiger partial charge in [-0.3, -0.25) is 4.79 Å². The highest BCUT2D eigenvalue weighted by Gasteiger charge is 2.20. The normalized spacial score (nSPS) is 11.9. The van der Waals surface area contributed by atoms with Gasteiger partial charge in [-0.05, 0) is 17.5 Å². The Hall–Kier alpha value is -2.01. The van der Waals surface area contributed by atoms with Crippen LogP contribution in [0.25, 0.3) is 0 Å². The van der Waals surface area contributed by atoms with Crippen LogP contribution in [0.4, 0.5) is 0 Å². The molecule has 19 heavy (non-hydrogen) atoms. The molecule has 0 fully saturated rings. The zero-order valence-corrected chi connectivity index (χ0v) is 11.8. The Labute approximate surface area is 115 Å². The molecule has 0 saturated carbocycles. The first-order valence-electron chi connectivity index (χ1n) is 6.30. The Morgan fingerprint density at radius 2 is 2.05 bits per heavy atom. The summed E-state index contributed by atoms with van der Waals surface area (Å²) in [6, 6.07) is 9.65. The molecule has 100 valence electrons. The fraction of sp³-hybridized carbons (Fsp3) is 0.353. The third-order valence-corrected chi connectivity index (χ3v) is 2.72. The molecule has 1 aromatic carbocycles. The van der Waals surface area contributed by atoms with E-state index in [1.807, 2.05) is 50.3 Å². The minimum atomic E-state index is -0.411. The first-order valence-corrected chi connectivity index (χ1v) is 6.30. The Balaban J connectivity index is 2.84. The molecule has 0 saturated heterocycles. The van der Waals surface area contributed by atoms with Crippen LogP contribution in [0.2, 0.25) is 0 Å². The van der Waals surface area contributed by atoms with E-state index < -0.39 is 6.10 Å². The Morgan fingerprint density at radius 3 is 2.58 bits per heavy atom. The van der Waals surface area contributed by atoms with Crippen LogP contribution in [0.3, 0.4) is 0 Å². The second-order valence-electron chi connectivity index (χ2n) is 5.13. The van der Waals surface area contributed by atoms with Crippen molar-refractivity contribution in [2.24, 2.45) is 5.41 Å². The fourth-order valence-corrected chi connectivity index (χ4v) is 1.57. The molecule has 1 unspecified atom stereocenters. The van der Waals surface area contributed by atoms with Gasteiger partial charge < -0.3 is 4.74 Å². The molecule has 1 rings (SSSR count). The molecule has 1 aromatic rings. The van der Waals surface area contributed by atoms with E-state index >= 15 is 0 Å². The molecule has 2 nitrogen and oxygen atoms in total. The Kier molecular flexibility index (Phi) is 5.38. The van der Waals surface area contributed by atoms with Crippen molar-refractivity contribution in [3.8, 4) is 11.8 Å². The summed E-state index contributed by atoms with van der Waals surface area (Å²) in [5.41, 5.74) is 0.793. The van der Waals surface area contributed by atoms with Crippen LogP contribution in [-0.4, -0.2) is 12.1 Å². The maximum atomic E-state index is 11.1. The van der Waals surface area contributed by atoms with Gasteiger partial charge in [-0.1, -0.05) is 50.0 Å². The number of benzene rings is 1. The van der Waals surface area contributed by atoms with Crippen molar-refractivity contribution in [1.29, 1.82) is 0 Å². The largest absolute Gasteiger partial charge is 0.449 e. The number of carbonyl (C=O) groups is 1. The van der Waals surface area contributed by atoms with Gasteiger partial charge in [0, 0.05) is 18.9 Å². The van der Waals surface area contributed by atoms with Crippen molar-refractivity contribution in [2.45, 2.75) is 33.3 Å². The van der Waals surface area contributed by atoms with Gasteiger partial charge in [-0.15, -0.1) is 6.58 Å². The number of ether oxygens (including phenoxy) is 1. The minimum absolute atomic E-state index is 0.120.